The van der Waals surface area contributed by atoms with Gasteiger partial charge in [-0.05, 0) is 62.2 Å². The van der Waals surface area contributed by atoms with Gasteiger partial charge in [0.1, 0.15) is 5.75 Å². The van der Waals surface area contributed by atoms with Gasteiger partial charge in [0.15, 0.2) is 34.7 Å². The van der Waals surface area contributed by atoms with Gasteiger partial charge in [-0.2, -0.15) is 0 Å². The Morgan fingerprint density at radius 2 is 1.73 bits per heavy atom. The summed E-state index contributed by atoms with van der Waals surface area (Å²) in [6, 6.07) is 7.39. The number of benzene rings is 2. The summed E-state index contributed by atoms with van der Waals surface area (Å²) in [5, 5.41) is 23.2. The predicted octanol–water partition coefficient (Wildman–Crippen LogP) is 0.182. The van der Waals surface area contributed by atoms with Crippen molar-refractivity contribution in [2.45, 2.75) is 24.5 Å². The quantitative estimate of drug-likeness (QED) is 0.304. The molecule has 0 aliphatic heterocycles. The Balaban J connectivity index is 1.69. The lowest BCUT2D eigenvalue weighted by Crippen LogP contribution is -2.74. The molecule has 2 unspecified atom stereocenters. The van der Waals surface area contributed by atoms with Crippen molar-refractivity contribution in [3.8, 4) is 16.9 Å². The molecular weight excluding hydrogens is 516 g/mol. The van der Waals surface area contributed by atoms with Crippen LogP contribution < -0.4 is 16.4 Å². The van der Waals surface area contributed by atoms with E-state index in [0.29, 0.717) is 28.1 Å². The van der Waals surface area contributed by atoms with Crippen molar-refractivity contribution < 1.29 is 34.2 Å². The van der Waals surface area contributed by atoms with Gasteiger partial charge in [-0.1, -0.05) is 12.1 Å². The van der Waals surface area contributed by atoms with Crippen LogP contribution >= 0.6 is 0 Å². The second kappa shape index (κ2) is 9.24. The number of carbonyl (C=O) groups excluding carboxylic acids is 5. The van der Waals surface area contributed by atoms with Crippen LogP contribution in [0.5, 0.6) is 5.75 Å². The van der Waals surface area contributed by atoms with Crippen LogP contribution in [0.25, 0.3) is 11.1 Å². The summed E-state index contributed by atoms with van der Waals surface area (Å²) in [6.07, 6.45) is 0.179. The molecule has 0 saturated heterocycles. The van der Waals surface area contributed by atoms with Crippen LogP contribution in [0.4, 0.5) is 11.4 Å². The molecule has 5 rings (SSSR count). The molecule has 0 bridgehead atoms. The summed E-state index contributed by atoms with van der Waals surface area (Å²) in [5.41, 5.74) is 11.0. The van der Waals surface area contributed by atoms with Crippen LogP contribution in [0.1, 0.15) is 22.3 Å². The van der Waals surface area contributed by atoms with E-state index in [0.717, 1.165) is 0 Å². The van der Waals surface area contributed by atoms with Crippen molar-refractivity contribution in [1.82, 2.24) is 4.90 Å². The number of nitrogens with zero attached hydrogens (tertiary/aromatic N) is 2. The molecule has 2 saturated carbocycles. The third-order valence-corrected chi connectivity index (χ3v) is 8.72. The van der Waals surface area contributed by atoms with E-state index < -0.39 is 64.4 Å². The number of phenols is 1. The van der Waals surface area contributed by atoms with Crippen LogP contribution in [0.15, 0.2) is 30.3 Å². The summed E-state index contributed by atoms with van der Waals surface area (Å²) in [6.45, 7) is 0. The number of rotatable bonds is 4. The first-order chi connectivity index (χ1) is 18.7. The van der Waals surface area contributed by atoms with Crippen molar-refractivity contribution in [3.05, 3.63) is 41.5 Å². The van der Waals surface area contributed by atoms with Crippen LogP contribution in [-0.2, 0) is 25.6 Å². The number of anilines is 2. The van der Waals surface area contributed by atoms with Gasteiger partial charge < -0.3 is 26.6 Å². The Morgan fingerprint density at radius 3 is 2.30 bits per heavy atom. The lowest BCUT2D eigenvalue weighted by molar-refractivity contribution is -0.181. The molecule has 40 heavy (non-hydrogen) atoms. The fourth-order valence-corrected chi connectivity index (χ4v) is 6.98. The molecule has 11 heteroatoms. The van der Waals surface area contributed by atoms with Gasteiger partial charge in [-0.25, -0.2) is 0 Å². The number of amides is 1. The van der Waals surface area contributed by atoms with Gasteiger partial charge in [0, 0.05) is 37.0 Å². The largest absolute Gasteiger partial charge is 0.507 e. The average molecular weight is 549 g/mol. The smallest absolute Gasteiger partial charge is 0.235 e. The zero-order valence-corrected chi connectivity index (χ0v) is 22.7. The Kier molecular flexibility index (Phi) is 6.35. The van der Waals surface area contributed by atoms with E-state index in [9.17, 15) is 34.2 Å². The molecule has 2 aromatic carbocycles. The number of nitrogen functional groups attached to an aromatic ring is 1. The molecule has 0 heterocycles. The standard InChI is InChI=1S/C29H32N4O7/c1-32(2)18-11-15(12-6-5-7-14(30)8-12)23(34)20-16(18)9-13-10-17-22(33(3)4)25(36)21(28(31)39)27(38)29(17,40)26(37)19(13)24(20)35/h5-8,11,13,17,19,21-22,34,40H,9-10,30H2,1-4H3,(H2,31,39)/t13-,17-,19?,21?,22-,29-/m0/s1. The van der Waals surface area contributed by atoms with Crippen LogP contribution in [0, 0.1) is 23.7 Å². The highest BCUT2D eigenvalue weighted by Gasteiger charge is 2.69. The zero-order valence-electron chi connectivity index (χ0n) is 22.7. The summed E-state index contributed by atoms with van der Waals surface area (Å²) in [7, 11) is 6.69. The second-order valence-corrected chi connectivity index (χ2v) is 11.5. The Labute approximate surface area is 230 Å². The van der Waals surface area contributed by atoms with Gasteiger partial charge in [0.25, 0.3) is 0 Å². The van der Waals surface area contributed by atoms with Crippen molar-refractivity contribution in [1.29, 1.82) is 0 Å². The van der Waals surface area contributed by atoms with Crippen molar-refractivity contribution >= 4 is 40.4 Å². The number of hydrogen-bond acceptors (Lipinski definition) is 10. The first kappa shape index (κ1) is 27.5. The second-order valence-electron chi connectivity index (χ2n) is 11.5. The van der Waals surface area contributed by atoms with E-state index in [1.807, 2.05) is 0 Å². The highest BCUT2D eigenvalue weighted by molar-refractivity contribution is 6.32. The molecule has 6 N–H and O–H groups in total. The molecule has 2 fully saturated rings. The van der Waals surface area contributed by atoms with E-state index in [1.54, 1.807) is 63.4 Å². The zero-order chi connectivity index (χ0) is 29.4. The normalized spacial score (nSPS) is 29.6. The number of phenolic OH excluding ortho intramolecular Hbond substituents is 1. The average Bonchev–Trinajstić information content (AvgIpc) is 2.85. The minimum Gasteiger partial charge on any atom is -0.507 e. The highest BCUT2D eigenvalue weighted by Crippen LogP contribution is 2.53. The van der Waals surface area contributed by atoms with Gasteiger partial charge in [-0.3, -0.25) is 28.9 Å². The number of aliphatic hydroxyl groups is 1. The maximum absolute atomic E-state index is 14.1. The van der Waals surface area contributed by atoms with Gasteiger partial charge >= 0.3 is 0 Å². The molecule has 0 spiro atoms. The van der Waals surface area contributed by atoms with E-state index in [4.69, 9.17) is 11.5 Å². The number of primary amides is 1. The van der Waals surface area contributed by atoms with Crippen molar-refractivity contribution in [2.24, 2.45) is 29.4 Å². The fourth-order valence-electron chi connectivity index (χ4n) is 6.98. The SMILES string of the molecule is CN(C)c1cc(-c2cccc(N)c2)c(O)c2c1C[C@H]1C[C@H]3[C@H](N(C)C)C(=O)C(C(N)=O)C(=O)[C@@]3(O)C(=O)C1C2=O. The number of likely N-dealkylation sites (N-methyl/N-ethyl adjacent to an activating group) is 1. The maximum Gasteiger partial charge on any atom is 0.235 e. The van der Waals surface area contributed by atoms with Crippen LogP contribution in [0.3, 0.4) is 0 Å². The molecule has 2 aromatic rings. The third-order valence-electron chi connectivity index (χ3n) is 8.72. The Bertz CT molecular complexity index is 1500. The molecule has 11 nitrogen and oxygen atoms in total. The summed E-state index contributed by atoms with van der Waals surface area (Å²) in [4.78, 5) is 70.2. The summed E-state index contributed by atoms with van der Waals surface area (Å²) in [5.74, 6) is -10.7. The monoisotopic (exact) mass is 548 g/mol. The predicted molar refractivity (Wildman–Crippen MR) is 146 cm³/mol. The minimum absolute atomic E-state index is 0.00546. The molecule has 6 atom stereocenters. The lowest BCUT2D eigenvalue weighted by atomic mass is 9.52. The van der Waals surface area contributed by atoms with Gasteiger partial charge in [-0.15, -0.1) is 0 Å². The molecular formula is C29H32N4O7. The molecule has 3 aliphatic carbocycles. The number of aromatic hydroxyl groups is 1. The Morgan fingerprint density at radius 1 is 1.05 bits per heavy atom. The van der Waals surface area contributed by atoms with E-state index >= 15 is 0 Å². The van der Waals surface area contributed by atoms with Crippen molar-refractivity contribution in [3.63, 3.8) is 0 Å². The summed E-state index contributed by atoms with van der Waals surface area (Å²) < 4.78 is 0. The minimum atomic E-state index is -2.76. The Hall–Kier alpha value is -4.09. The number of hydrogen-bond donors (Lipinski definition) is 4. The first-order valence-electron chi connectivity index (χ1n) is 13.0. The van der Waals surface area contributed by atoms with E-state index in [2.05, 4.69) is 0 Å². The third kappa shape index (κ3) is 3.68. The molecule has 1 amide bonds. The topological polar surface area (TPSA) is 184 Å². The van der Waals surface area contributed by atoms with Crippen LogP contribution in [-0.4, -0.2) is 84.0 Å². The molecule has 0 aromatic heterocycles. The van der Waals surface area contributed by atoms with Crippen LogP contribution in [0.2, 0.25) is 0 Å². The van der Waals surface area contributed by atoms with E-state index in [1.165, 1.54) is 4.90 Å². The number of ketones is 4. The number of carbonyl (C=O) groups is 5. The fraction of sp³-hybridized carbons (Fsp3) is 0.414. The van der Waals surface area contributed by atoms with Gasteiger partial charge in [0.05, 0.1) is 17.5 Å². The first-order valence-corrected chi connectivity index (χ1v) is 13.0. The molecule has 3 aliphatic rings. The number of Topliss-reactive ketones (excluding diaryl/α,β-unsaturated/α-hetero) is 4. The molecule has 210 valence electrons. The van der Waals surface area contributed by atoms with Gasteiger partial charge in [0.2, 0.25) is 5.91 Å². The maximum atomic E-state index is 14.1. The van der Waals surface area contributed by atoms with Crippen molar-refractivity contribution in [2.75, 3.05) is 38.8 Å². The number of fused-ring (bicyclic) bond motifs is 3. The summed E-state index contributed by atoms with van der Waals surface area (Å²) >= 11 is 0. The van der Waals surface area contributed by atoms with E-state index in [-0.39, 0.29) is 24.2 Å². The highest BCUT2D eigenvalue weighted by atomic mass is 16.3. The molecule has 0 radical (unpaired) electrons. The number of nitrogens with two attached hydrogens (primary N) is 2. The lowest BCUT2D eigenvalue weighted by Gasteiger charge is -2.52.